The van der Waals surface area contributed by atoms with Crippen molar-refractivity contribution in [1.29, 1.82) is 0 Å². The number of anilines is 2. The lowest BCUT2D eigenvalue weighted by atomic mass is 10.1. The minimum absolute atomic E-state index is 0.0831. The third-order valence-electron chi connectivity index (χ3n) is 5.39. The van der Waals surface area contributed by atoms with E-state index in [1.54, 1.807) is 17.0 Å². The predicted octanol–water partition coefficient (Wildman–Crippen LogP) is 1.81. The molecule has 1 aromatic heterocycles. The second-order valence-corrected chi connectivity index (χ2v) is 7.51. The third kappa shape index (κ3) is 4.40. The van der Waals surface area contributed by atoms with Gasteiger partial charge in [0, 0.05) is 37.8 Å². The fourth-order valence-electron chi connectivity index (χ4n) is 3.74. The number of aromatic nitrogens is 2. The number of urea groups is 1. The first-order valence-electron chi connectivity index (χ1n) is 10.1. The Bertz CT molecular complexity index is 1140. The Labute approximate surface area is 184 Å². The number of nitrogens with zero attached hydrogens (tertiary/aromatic N) is 4. The topological polar surface area (TPSA) is 134 Å². The minimum Gasteiger partial charge on any atom is -0.508 e. The van der Waals surface area contributed by atoms with Gasteiger partial charge in [0.2, 0.25) is 5.91 Å². The summed E-state index contributed by atoms with van der Waals surface area (Å²) in [6, 6.07) is 10.6. The standard InChI is InChI=1S/C22H24N6O4/c1-32-12-19-21(30)27(11-14-2-7-17-18(10-14)24-13-25-20(17)23)8-9-28(19)22(31)26-15-3-5-16(29)6-4-15/h2-7,10,13,19,29H,8-9,11-12H2,1H3,(H,26,31)(H2,23,24,25)/t19-/m0/s1. The predicted molar refractivity (Wildman–Crippen MR) is 119 cm³/mol. The number of hydrogen-bond donors (Lipinski definition) is 3. The van der Waals surface area contributed by atoms with Crippen LogP contribution in [0.1, 0.15) is 5.56 Å². The summed E-state index contributed by atoms with van der Waals surface area (Å²) >= 11 is 0. The molecular weight excluding hydrogens is 412 g/mol. The van der Waals surface area contributed by atoms with Crippen molar-refractivity contribution in [1.82, 2.24) is 19.8 Å². The van der Waals surface area contributed by atoms with Crippen molar-refractivity contribution in [2.24, 2.45) is 0 Å². The lowest BCUT2D eigenvalue weighted by Crippen LogP contribution is -2.60. The van der Waals surface area contributed by atoms with E-state index in [1.807, 2.05) is 18.2 Å². The number of benzene rings is 2. The van der Waals surface area contributed by atoms with Crippen LogP contribution in [0.2, 0.25) is 0 Å². The molecular formula is C22H24N6O4. The van der Waals surface area contributed by atoms with Crippen molar-refractivity contribution >= 4 is 34.3 Å². The van der Waals surface area contributed by atoms with Gasteiger partial charge in [-0.3, -0.25) is 4.79 Å². The summed E-state index contributed by atoms with van der Waals surface area (Å²) in [5, 5.41) is 12.9. The van der Waals surface area contributed by atoms with Crippen molar-refractivity contribution < 1.29 is 19.4 Å². The molecule has 2 aromatic carbocycles. The Morgan fingerprint density at radius 3 is 2.75 bits per heavy atom. The first kappa shape index (κ1) is 21.3. The van der Waals surface area contributed by atoms with Gasteiger partial charge in [-0.1, -0.05) is 6.07 Å². The number of carbonyl (C=O) groups is 2. The van der Waals surface area contributed by atoms with Gasteiger partial charge in [0.1, 0.15) is 23.9 Å². The van der Waals surface area contributed by atoms with Gasteiger partial charge >= 0.3 is 6.03 Å². The van der Waals surface area contributed by atoms with Crippen molar-refractivity contribution in [2.75, 3.05) is 37.9 Å². The molecule has 0 unspecified atom stereocenters. The number of nitrogens with one attached hydrogen (secondary N) is 1. The molecule has 4 rings (SSSR count). The molecule has 0 bridgehead atoms. The van der Waals surface area contributed by atoms with E-state index in [1.165, 1.54) is 30.5 Å². The smallest absolute Gasteiger partial charge is 0.322 e. The summed E-state index contributed by atoms with van der Waals surface area (Å²) in [4.78, 5) is 37.4. The first-order valence-corrected chi connectivity index (χ1v) is 10.1. The normalized spacial score (nSPS) is 16.4. The van der Waals surface area contributed by atoms with Gasteiger partial charge in [-0.25, -0.2) is 14.8 Å². The third-order valence-corrected chi connectivity index (χ3v) is 5.39. The number of phenols is 1. The van der Waals surface area contributed by atoms with Crippen LogP contribution in [-0.4, -0.2) is 69.7 Å². The van der Waals surface area contributed by atoms with Gasteiger partial charge in [0.15, 0.2) is 0 Å². The van der Waals surface area contributed by atoms with Gasteiger partial charge < -0.3 is 30.7 Å². The SMILES string of the molecule is COC[C@H]1C(=O)N(Cc2ccc3c(N)ncnc3c2)CCN1C(=O)Nc1ccc(O)cc1. The maximum Gasteiger partial charge on any atom is 0.322 e. The fraction of sp³-hybridized carbons (Fsp3) is 0.273. The lowest BCUT2D eigenvalue weighted by Gasteiger charge is -2.40. The number of nitrogen functional groups attached to an aromatic ring is 1. The number of fused-ring (bicyclic) bond motifs is 1. The van der Waals surface area contributed by atoms with E-state index in [9.17, 15) is 14.7 Å². The highest BCUT2D eigenvalue weighted by atomic mass is 16.5. The number of hydrogen-bond acceptors (Lipinski definition) is 7. The number of phenolic OH excluding ortho intramolecular Hbond substituents is 1. The molecule has 10 heteroatoms. The molecule has 0 radical (unpaired) electrons. The zero-order chi connectivity index (χ0) is 22.7. The zero-order valence-corrected chi connectivity index (χ0v) is 17.6. The van der Waals surface area contributed by atoms with E-state index in [-0.39, 0.29) is 18.3 Å². The monoisotopic (exact) mass is 436 g/mol. The summed E-state index contributed by atoms with van der Waals surface area (Å²) in [5.74, 6) is 0.319. The number of amides is 3. The van der Waals surface area contributed by atoms with E-state index in [0.717, 1.165) is 10.9 Å². The molecule has 1 aliphatic rings. The summed E-state index contributed by atoms with van der Waals surface area (Å²) in [6.45, 7) is 1.20. The number of rotatable bonds is 5. The van der Waals surface area contributed by atoms with Crippen molar-refractivity contribution in [2.45, 2.75) is 12.6 Å². The zero-order valence-electron chi connectivity index (χ0n) is 17.6. The molecule has 4 N–H and O–H groups in total. The van der Waals surface area contributed by atoms with Crippen LogP contribution in [0, 0.1) is 0 Å². The van der Waals surface area contributed by atoms with E-state index < -0.39 is 12.1 Å². The second kappa shape index (κ2) is 9.06. The van der Waals surface area contributed by atoms with Gasteiger partial charge in [-0.15, -0.1) is 0 Å². The Kier molecular flexibility index (Phi) is 6.04. The van der Waals surface area contributed by atoms with Crippen molar-refractivity contribution in [3.8, 4) is 5.75 Å². The number of piperazine rings is 1. The highest BCUT2D eigenvalue weighted by Crippen LogP contribution is 2.22. The summed E-state index contributed by atoms with van der Waals surface area (Å²) in [5.41, 5.74) is 8.02. The molecule has 166 valence electrons. The molecule has 1 atom stereocenters. The molecule has 10 nitrogen and oxygen atoms in total. The molecule has 32 heavy (non-hydrogen) atoms. The number of methoxy groups -OCH3 is 1. The van der Waals surface area contributed by atoms with Gasteiger partial charge in [-0.05, 0) is 42.0 Å². The van der Waals surface area contributed by atoms with Crippen molar-refractivity contribution in [3.05, 3.63) is 54.4 Å². The number of nitrogens with two attached hydrogens (primary N) is 1. The summed E-state index contributed by atoms with van der Waals surface area (Å²) < 4.78 is 5.23. The van der Waals surface area contributed by atoms with Crippen LogP contribution in [0.3, 0.4) is 0 Å². The van der Waals surface area contributed by atoms with Gasteiger partial charge in [0.25, 0.3) is 0 Å². The van der Waals surface area contributed by atoms with Gasteiger partial charge in [-0.2, -0.15) is 0 Å². The highest BCUT2D eigenvalue weighted by molar-refractivity contribution is 5.95. The average Bonchev–Trinajstić information content (AvgIpc) is 2.78. The largest absolute Gasteiger partial charge is 0.508 e. The molecule has 0 aliphatic carbocycles. The summed E-state index contributed by atoms with van der Waals surface area (Å²) in [6.07, 6.45) is 1.41. The number of ether oxygens (including phenoxy) is 1. The molecule has 1 aliphatic heterocycles. The van der Waals surface area contributed by atoms with Crippen LogP contribution >= 0.6 is 0 Å². The summed E-state index contributed by atoms with van der Waals surface area (Å²) in [7, 11) is 1.50. The highest BCUT2D eigenvalue weighted by Gasteiger charge is 2.37. The molecule has 1 fully saturated rings. The average molecular weight is 436 g/mol. The Morgan fingerprint density at radius 1 is 1.22 bits per heavy atom. The van der Waals surface area contributed by atoms with Crippen LogP contribution in [0.4, 0.5) is 16.3 Å². The maximum atomic E-state index is 13.2. The van der Waals surface area contributed by atoms with E-state index >= 15 is 0 Å². The van der Waals surface area contributed by atoms with Crippen molar-refractivity contribution in [3.63, 3.8) is 0 Å². The molecule has 0 spiro atoms. The lowest BCUT2D eigenvalue weighted by molar-refractivity contribution is -0.142. The van der Waals surface area contributed by atoms with Crippen LogP contribution in [0.15, 0.2) is 48.8 Å². The number of aromatic hydroxyl groups is 1. The van der Waals surface area contributed by atoms with E-state index in [4.69, 9.17) is 10.5 Å². The Morgan fingerprint density at radius 2 is 2.00 bits per heavy atom. The quantitative estimate of drug-likeness (QED) is 0.519. The van der Waals surface area contributed by atoms with Crippen LogP contribution in [0.5, 0.6) is 5.75 Å². The minimum atomic E-state index is -0.746. The second-order valence-electron chi connectivity index (χ2n) is 7.51. The van der Waals surface area contributed by atoms with Crippen LogP contribution < -0.4 is 11.1 Å². The molecule has 1 saturated heterocycles. The van der Waals surface area contributed by atoms with Gasteiger partial charge in [0.05, 0.1) is 12.1 Å². The number of carbonyl (C=O) groups excluding carboxylic acids is 2. The van der Waals surface area contributed by atoms with E-state index in [0.29, 0.717) is 36.7 Å². The fourth-order valence-corrected chi connectivity index (χ4v) is 3.74. The maximum absolute atomic E-state index is 13.2. The molecule has 3 amide bonds. The molecule has 3 aromatic rings. The van der Waals surface area contributed by atoms with E-state index in [2.05, 4.69) is 15.3 Å². The Balaban J connectivity index is 1.48. The molecule has 0 saturated carbocycles. The Hall–Kier alpha value is -3.92. The first-order chi connectivity index (χ1) is 15.5. The van der Waals surface area contributed by atoms with Crippen LogP contribution in [-0.2, 0) is 16.1 Å². The van der Waals surface area contributed by atoms with Crippen LogP contribution in [0.25, 0.3) is 10.9 Å². The molecule has 2 heterocycles.